The van der Waals surface area contributed by atoms with Gasteiger partial charge in [0, 0.05) is 30.0 Å². The maximum Gasteiger partial charge on any atom is 0.312 e. The van der Waals surface area contributed by atoms with Crippen LogP contribution in [0.1, 0.15) is 36.7 Å². The van der Waals surface area contributed by atoms with Crippen molar-refractivity contribution in [2.24, 2.45) is 5.41 Å². The molecule has 0 bridgehead atoms. The minimum Gasteiger partial charge on any atom is -0.469 e. The number of hydrogen-bond acceptors (Lipinski definition) is 8. The highest BCUT2D eigenvalue weighted by atomic mass is 35.5. The van der Waals surface area contributed by atoms with E-state index < -0.39 is 34.7 Å². The number of ether oxygens (including phenoxy) is 1. The Hall–Kier alpha value is -2.60. The minimum absolute atomic E-state index is 0.0371. The molecule has 1 saturated heterocycles. The molecule has 4 rings (SSSR count). The summed E-state index contributed by atoms with van der Waals surface area (Å²) in [5.41, 5.74) is -2.57. The number of methoxy groups -OCH3 is 1. The second kappa shape index (κ2) is 10.6. The number of halogens is 3. The number of hydrogen-bond donors (Lipinski definition) is 2. The summed E-state index contributed by atoms with van der Waals surface area (Å²) >= 11 is 7.29. The normalized spacial score (nSPS) is 21.9. The summed E-state index contributed by atoms with van der Waals surface area (Å²) in [5, 5.41) is 16.5. The fraction of sp³-hybridized carbons (Fsp3) is 0.400. The molecule has 0 saturated carbocycles. The summed E-state index contributed by atoms with van der Waals surface area (Å²) in [4.78, 5) is 23.3. The molecular weight excluding hydrogens is 521 g/mol. The molecule has 2 radical (unpaired) electrons. The zero-order valence-corrected chi connectivity index (χ0v) is 22.2. The molecule has 7 nitrogen and oxygen atoms in total. The second-order valence-corrected chi connectivity index (χ2v) is 10.6. The Morgan fingerprint density at radius 3 is 2.78 bits per heavy atom. The zero-order valence-electron chi connectivity index (χ0n) is 20.6. The third kappa shape index (κ3) is 5.50. The average Bonchev–Trinajstić information content (AvgIpc) is 3.26. The van der Waals surface area contributed by atoms with Gasteiger partial charge in [-0.15, -0.1) is 11.3 Å². The molecule has 2 N–H and O–H groups in total. The topological polar surface area (TPSA) is 87.6 Å². The number of esters is 1. The van der Waals surface area contributed by atoms with Crippen LogP contribution < -0.4 is 5.32 Å². The molecule has 3 aromatic rings. The van der Waals surface area contributed by atoms with Crippen molar-refractivity contribution in [3.63, 3.8) is 0 Å². The van der Waals surface area contributed by atoms with E-state index in [0.29, 0.717) is 10.9 Å². The Morgan fingerprint density at radius 1 is 1.38 bits per heavy atom. The number of aryl methyl sites for hydroxylation is 1. The van der Waals surface area contributed by atoms with Gasteiger partial charge in [-0.1, -0.05) is 23.7 Å². The van der Waals surface area contributed by atoms with E-state index in [1.165, 1.54) is 53.7 Å². The summed E-state index contributed by atoms with van der Waals surface area (Å²) in [6, 6.07) is 6.49. The highest BCUT2D eigenvalue weighted by Gasteiger charge is 2.49. The summed E-state index contributed by atoms with van der Waals surface area (Å²) in [6.07, 6.45) is 0.284. The van der Waals surface area contributed by atoms with Crippen molar-refractivity contribution in [3.8, 4) is 0 Å². The lowest BCUT2D eigenvalue weighted by molar-refractivity contribution is -0.163. The predicted octanol–water partition coefficient (Wildman–Crippen LogP) is 4.68. The molecule has 1 aromatic carbocycles. The van der Waals surface area contributed by atoms with Crippen molar-refractivity contribution in [1.82, 2.24) is 14.9 Å². The number of nitrogens with one attached hydrogen (secondary N) is 1. The minimum atomic E-state index is -2.18. The van der Waals surface area contributed by atoms with Crippen molar-refractivity contribution in [2.45, 2.75) is 44.8 Å². The van der Waals surface area contributed by atoms with Crippen LogP contribution in [0.4, 0.5) is 19.7 Å². The van der Waals surface area contributed by atoms with Crippen molar-refractivity contribution < 1.29 is 23.4 Å². The van der Waals surface area contributed by atoms with Crippen LogP contribution in [0.3, 0.4) is 0 Å². The van der Waals surface area contributed by atoms with Gasteiger partial charge in [-0.25, -0.2) is 18.7 Å². The van der Waals surface area contributed by atoms with E-state index in [-0.39, 0.29) is 42.1 Å². The van der Waals surface area contributed by atoms with Gasteiger partial charge in [0.15, 0.2) is 5.13 Å². The number of rotatable bonds is 7. The molecular formula is C25H26BClF2N4O3S. The van der Waals surface area contributed by atoms with E-state index in [4.69, 9.17) is 24.2 Å². The molecule has 3 atom stereocenters. The number of pyridine rings is 1. The fourth-order valence-electron chi connectivity index (χ4n) is 4.94. The van der Waals surface area contributed by atoms with E-state index in [9.17, 15) is 18.7 Å². The standard InChI is InChI=1S/C25H26BClF2N4O3S/c1-14-13-37-23(30-14)32-20-8-7-18(28)19(31-20)12-24(22(34)36-3)9-10-33(15(2)11-24)25(26,35)16-5-4-6-17(27)21(16)29/h4-8,13,15,35H,9-12H2,1-3H3,(H,30,31,32). The van der Waals surface area contributed by atoms with Crippen LogP contribution in [0.5, 0.6) is 0 Å². The Morgan fingerprint density at radius 2 is 2.14 bits per heavy atom. The summed E-state index contributed by atoms with van der Waals surface area (Å²) in [7, 11) is 7.49. The molecule has 1 aliphatic rings. The molecule has 0 aliphatic carbocycles. The Balaban J connectivity index is 1.60. The SMILES string of the molecule is [B]C(O)(c1cccc(Cl)c1F)N1CCC(Cc2nc(Nc3nc(C)cs3)ccc2F)(C(=O)OC)CC1C. The summed E-state index contributed by atoms with van der Waals surface area (Å²) in [6.45, 7) is 3.72. The number of anilines is 2. The van der Waals surface area contributed by atoms with E-state index >= 15 is 0 Å². The van der Waals surface area contributed by atoms with Crippen LogP contribution in [0.2, 0.25) is 5.02 Å². The molecule has 3 heterocycles. The van der Waals surface area contributed by atoms with Gasteiger partial charge in [0.05, 0.1) is 34.6 Å². The monoisotopic (exact) mass is 546 g/mol. The van der Waals surface area contributed by atoms with Crippen LogP contribution in [0, 0.1) is 24.0 Å². The summed E-state index contributed by atoms with van der Waals surface area (Å²) < 4.78 is 34.7. The van der Waals surface area contributed by atoms with Crippen LogP contribution in [-0.2, 0) is 21.6 Å². The molecule has 194 valence electrons. The quantitative estimate of drug-likeness (QED) is 0.329. The molecule has 37 heavy (non-hydrogen) atoms. The van der Waals surface area contributed by atoms with Gasteiger partial charge in [-0.3, -0.25) is 9.69 Å². The number of likely N-dealkylation sites (tertiary alicyclic amines) is 1. The van der Waals surface area contributed by atoms with Gasteiger partial charge in [0.25, 0.3) is 0 Å². The highest BCUT2D eigenvalue weighted by Crippen LogP contribution is 2.43. The van der Waals surface area contributed by atoms with Crippen molar-refractivity contribution in [2.75, 3.05) is 19.0 Å². The molecule has 12 heteroatoms. The maximum absolute atomic E-state index is 14.9. The summed E-state index contributed by atoms with van der Waals surface area (Å²) in [5.74, 6) is -1.51. The first-order valence-electron chi connectivity index (χ1n) is 11.6. The van der Waals surface area contributed by atoms with E-state index in [1.54, 1.807) is 6.92 Å². The van der Waals surface area contributed by atoms with Crippen molar-refractivity contribution >= 4 is 47.7 Å². The number of aromatic nitrogens is 2. The first-order chi connectivity index (χ1) is 17.5. The van der Waals surface area contributed by atoms with Gasteiger partial charge >= 0.3 is 5.97 Å². The van der Waals surface area contributed by atoms with Crippen LogP contribution in [0.15, 0.2) is 35.7 Å². The molecule has 0 spiro atoms. The smallest absolute Gasteiger partial charge is 0.312 e. The molecule has 3 unspecified atom stereocenters. The number of thiazole rings is 1. The predicted molar refractivity (Wildman–Crippen MR) is 139 cm³/mol. The largest absolute Gasteiger partial charge is 0.469 e. The molecule has 1 aliphatic heterocycles. The third-order valence-electron chi connectivity index (χ3n) is 6.73. The lowest BCUT2D eigenvalue weighted by atomic mass is 9.69. The van der Waals surface area contributed by atoms with Crippen LogP contribution in [-0.4, -0.2) is 53.5 Å². The maximum atomic E-state index is 14.9. The number of aliphatic hydroxyl groups is 1. The van der Waals surface area contributed by atoms with Crippen molar-refractivity contribution in [3.05, 3.63) is 69.3 Å². The number of nitrogens with zero attached hydrogens (tertiary/aromatic N) is 3. The van der Waals surface area contributed by atoms with E-state index in [2.05, 4.69) is 15.3 Å². The second-order valence-electron chi connectivity index (χ2n) is 9.32. The van der Waals surface area contributed by atoms with Gasteiger partial charge < -0.3 is 15.2 Å². The van der Waals surface area contributed by atoms with Crippen molar-refractivity contribution in [1.29, 1.82) is 0 Å². The Labute approximate surface area is 224 Å². The van der Waals surface area contributed by atoms with Gasteiger partial charge in [0.1, 0.15) is 25.3 Å². The van der Waals surface area contributed by atoms with Gasteiger partial charge in [0.2, 0.25) is 0 Å². The average molecular weight is 547 g/mol. The highest BCUT2D eigenvalue weighted by molar-refractivity contribution is 7.13. The van der Waals surface area contributed by atoms with E-state index in [1.807, 2.05) is 12.3 Å². The first-order valence-corrected chi connectivity index (χ1v) is 12.9. The Bertz CT molecular complexity index is 1310. The van der Waals surface area contributed by atoms with Gasteiger partial charge in [-0.2, -0.15) is 0 Å². The number of piperidine rings is 1. The van der Waals surface area contributed by atoms with Crippen LogP contribution in [0.25, 0.3) is 0 Å². The fourth-order valence-corrected chi connectivity index (χ4v) is 5.81. The number of carbonyl (C=O) groups is 1. The lowest BCUT2D eigenvalue weighted by Crippen LogP contribution is -2.58. The number of carbonyl (C=O) groups excluding carboxylic acids is 1. The Kier molecular flexibility index (Phi) is 7.89. The first kappa shape index (κ1) is 27.4. The molecule has 2 aromatic heterocycles. The third-order valence-corrected chi connectivity index (χ3v) is 7.90. The van der Waals surface area contributed by atoms with E-state index in [0.717, 1.165) is 5.69 Å². The zero-order chi connectivity index (χ0) is 27.0. The van der Waals surface area contributed by atoms with Gasteiger partial charge in [-0.05, 0) is 44.9 Å². The lowest BCUT2D eigenvalue weighted by Gasteiger charge is -2.50. The number of benzene rings is 1. The van der Waals surface area contributed by atoms with Crippen LogP contribution >= 0.6 is 22.9 Å². The molecule has 1 fully saturated rings. The molecule has 0 amide bonds.